The molecule has 24 heavy (non-hydrogen) atoms. The van der Waals surface area contributed by atoms with E-state index in [4.69, 9.17) is 11.6 Å². The van der Waals surface area contributed by atoms with Gasteiger partial charge in [0.15, 0.2) is 5.13 Å². The lowest BCUT2D eigenvalue weighted by atomic mass is 9.93. The molecule has 1 aromatic carbocycles. The summed E-state index contributed by atoms with van der Waals surface area (Å²) >= 11 is 7.60. The van der Waals surface area contributed by atoms with Crippen molar-refractivity contribution in [2.75, 3.05) is 11.9 Å². The van der Waals surface area contributed by atoms with Crippen LogP contribution in [0.15, 0.2) is 24.3 Å². The third kappa shape index (κ3) is 4.35. The Labute approximate surface area is 151 Å². The number of nitrogens with one attached hydrogen (secondary N) is 2. The summed E-state index contributed by atoms with van der Waals surface area (Å²) in [5, 5.41) is 7.81. The van der Waals surface area contributed by atoms with E-state index in [0.29, 0.717) is 11.2 Å². The van der Waals surface area contributed by atoms with Crippen molar-refractivity contribution in [1.82, 2.24) is 10.3 Å². The average Bonchev–Trinajstić information content (AvgIpc) is 2.87. The maximum Gasteiger partial charge on any atom is 0.229 e. The highest BCUT2D eigenvalue weighted by molar-refractivity contribution is 7.15. The van der Waals surface area contributed by atoms with E-state index >= 15 is 0 Å². The molecule has 1 aromatic heterocycles. The summed E-state index contributed by atoms with van der Waals surface area (Å²) < 4.78 is 0. The Morgan fingerprint density at radius 3 is 3.08 bits per heavy atom. The lowest BCUT2D eigenvalue weighted by Gasteiger charge is -2.26. The highest BCUT2D eigenvalue weighted by Gasteiger charge is 2.25. The molecule has 4 nitrogen and oxygen atoms in total. The maximum absolute atomic E-state index is 12.4. The number of nitrogens with zero attached hydrogens (tertiary/aromatic N) is 1. The fraction of sp³-hybridized carbons (Fsp3) is 0.444. The van der Waals surface area contributed by atoms with Crippen LogP contribution in [-0.4, -0.2) is 23.5 Å². The molecule has 1 amide bonds. The summed E-state index contributed by atoms with van der Waals surface area (Å²) in [6, 6.07) is 8.24. The predicted molar refractivity (Wildman–Crippen MR) is 99.9 cm³/mol. The van der Waals surface area contributed by atoms with Crippen LogP contribution < -0.4 is 10.6 Å². The van der Waals surface area contributed by atoms with Gasteiger partial charge in [0, 0.05) is 28.3 Å². The van der Waals surface area contributed by atoms with E-state index in [-0.39, 0.29) is 11.8 Å². The van der Waals surface area contributed by atoms with Gasteiger partial charge in [0.05, 0.1) is 5.69 Å². The number of halogens is 1. The molecule has 1 aliphatic heterocycles. The Hall–Kier alpha value is -1.43. The van der Waals surface area contributed by atoms with Gasteiger partial charge in [0.1, 0.15) is 0 Å². The summed E-state index contributed by atoms with van der Waals surface area (Å²) in [5.74, 6) is 0.160. The van der Waals surface area contributed by atoms with E-state index in [1.807, 2.05) is 25.1 Å². The van der Waals surface area contributed by atoms with Crippen LogP contribution in [0.5, 0.6) is 0 Å². The SMILES string of the molecule is Cc1nc(NC(=O)[C@H]2CCN[C@@H](C)C2)sc1Cc1cccc(Cl)c1. The number of piperidine rings is 1. The van der Waals surface area contributed by atoms with Crippen LogP contribution in [0.1, 0.15) is 35.9 Å². The van der Waals surface area contributed by atoms with Crippen LogP contribution in [-0.2, 0) is 11.2 Å². The summed E-state index contributed by atoms with van der Waals surface area (Å²) in [6.45, 7) is 5.00. The zero-order valence-electron chi connectivity index (χ0n) is 13.9. The Bertz CT molecular complexity index is 731. The molecule has 0 saturated carbocycles. The molecule has 2 heterocycles. The highest BCUT2D eigenvalue weighted by atomic mass is 35.5. The molecular formula is C18H22ClN3OS. The molecule has 128 valence electrons. The predicted octanol–water partition coefficient (Wildman–Crippen LogP) is 4.02. The van der Waals surface area contributed by atoms with E-state index in [1.54, 1.807) is 11.3 Å². The quantitative estimate of drug-likeness (QED) is 0.862. The van der Waals surface area contributed by atoms with Gasteiger partial charge in [-0.15, -0.1) is 11.3 Å². The van der Waals surface area contributed by atoms with Gasteiger partial charge in [-0.3, -0.25) is 4.79 Å². The fourth-order valence-electron chi connectivity index (χ4n) is 3.06. The van der Waals surface area contributed by atoms with Crippen LogP contribution in [0.3, 0.4) is 0 Å². The van der Waals surface area contributed by atoms with Crippen molar-refractivity contribution in [3.05, 3.63) is 45.4 Å². The molecule has 6 heteroatoms. The highest BCUT2D eigenvalue weighted by Crippen LogP contribution is 2.27. The van der Waals surface area contributed by atoms with Crippen LogP contribution in [0.2, 0.25) is 5.02 Å². The first kappa shape index (κ1) is 17.4. The van der Waals surface area contributed by atoms with E-state index < -0.39 is 0 Å². The van der Waals surface area contributed by atoms with Gasteiger partial charge in [0.2, 0.25) is 5.91 Å². The number of hydrogen-bond acceptors (Lipinski definition) is 4. The van der Waals surface area contributed by atoms with Gasteiger partial charge in [-0.2, -0.15) is 0 Å². The number of anilines is 1. The van der Waals surface area contributed by atoms with Gasteiger partial charge in [-0.05, 0) is 50.9 Å². The fourth-order valence-corrected chi connectivity index (χ4v) is 4.27. The van der Waals surface area contributed by atoms with E-state index in [2.05, 4.69) is 28.6 Å². The molecule has 0 bridgehead atoms. The second-order valence-corrected chi connectivity index (χ2v) is 7.92. The third-order valence-electron chi connectivity index (χ3n) is 4.37. The van der Waals surface area contributed by atoms with Crippen molar-refractivity contribution < 1.29 is 4.79 Å². The molecule has 0 aliphatic carbocycles. The number of carbonyl (C=O) groups is 1. The van der Waals surface area contributed by atoms with Gasteiger partial charge < -0.3 is 10.6 Å². The molecule has 0 spiro atoms. The maximum atomic E-state index is 12.4. The molecule has 1 aliphatic rings. The Morgan fingerprint density at radius 1 is 1.50 bits per heavy atom. The monoisotopic (exact) mass is 363 g/mol. The molecule has 0 radical (unpaired) electrons. The van der Waals surface area contributed by atoms with E-state index in [1.165, 1.54) is 0 Å². The Kier molecular flexibility index (Phi) is 5.54. The molecule has 2 atom stereocenters. The van der Waals surface area contributed by atoms with Crippen LogP contribution in [0, 0.1) is 12.8 Å². The van der Waals surface area contributed by atoms with Crippen molar-refractivity contribution >= 4 is 34.0 Å². The first-order chi connectivity index (χ1) is 11.5. The van der Waals surface area contributed by atoms with Crippen LogP contribution >= 0.6 is 22.9 Å². The van der Waals surface area contributed by atoms with Crippen LogP contribution in [0.4, 0.5) is 5.13 Å². The number of aryl methyl sites for hydroxylation is 1. The van der Waals surface area contributed by atoms with Crippen molar-refractivity contribution in [2.24, 2.45) is 5.92 Å². The molecular weight excluding hydrogens is 342 g/mol. The number of benzene rings is 1. The smallest absolute Gasteiger partial charge is 0.229 e. The minimum absolute atomic E-state index is 0.0711. The number of hydrogen-bond donors (Lipinski definition) is 2. The molecule has 0 unspecified atom stereocenters. The van der Waals surface area contributed by atoms with Gasteiger partial charge in [-0.25, -0.2) is 4.98 Å². The van der Waals surface area contributed by atoms with E-state index in [9.17, 15) is 4.79 Å². The first-order valence-corrected chi connectivity index (χ1v) is 9.45. The molecule has 1 saturated heterocycles. The summed E-state index contributed by atoms with van der Waals surface area (Å²) in [7, 11) is 0. The Morgan fingerprint density at radius 2 is 2.33 bits per heavy atom. The number of amides is 1. The first-order valence-electron chi connectivity index (χ1n) is 8.26. The number of rotatable bonds is 4. The average molecular weight is 364 g/mol. The molecule has 2 aromatic rings. The second kappa shape index (κ2) is 7.64. The summed E-state index contributed by atoms with van der Waals surface area (Å²) in [6.07, 6.45) is 2.55. The minimum atomic E-state index is 0.0711. The standard InChI is InChI=1S/C18H22ClN3OS/c1-11-8-14(6-7-20-11)17(23)22-18-21-12(2)16(24-18)10-13-4-3-5-15(19)9-13/h3-5,9,11,14,20H,6-8,10H2,1-2H3,(H,21,22,23)/t11-,14-/m0/s1. The molecule has 3 rings (SSSR count). The van der Waals surface area contributed by atoms with E-state index in [0.717, 1.165) is 47.0 Å². The van der Waals surface area contributed by atoms with Crippen molar-refractivity contribution in [1.29, 1.82) is 0 Å². The number of carbonyl (C=O) groups excluding carboxylic acids is 1. The lowest BCUT2D eigenvalue weighted by Crippen LogP contribution is -2.40. The van der Waals surface area contributed by atoms with Crippen molar-refractivity contribution in [2.45, 2.75) is 39.2 Å². The Balaban J connectivity index is 1.66. The largest absolute Gasteiger partial charge is 0.314 e. The van der Waals surface area contributed by atoms with Gasteiger partial charge >= 0.3 is 0 Å². The number of aromatic nitrogens is 1. The van der Waals surface area contributed by atoms with Gasteiger partial charge in [0.25, 0.3) is 0 Å². The van der Waals surface area contributed by atoms with Crippen LogP contribution in [0.25, 0.3) is 0 Å². The minimum Gasteiger partial charge on any atom is -0.314 e. The molecule has 2 N–H and O–H groups in total. The lowest BCUT2D eigenvalue weighted by molar-refractivity contribution is -0.120. The van der Waals surface area contributed by atoms with Crippen molar-refractivity contribution in [3.63, 3.8) is 0 Å². The van der Waals surface area contributed by atoms with Gasteiger partial charge in [-0.1, -0.05) is 23.7 Å². The third-order valence-corrected chi connectivity index (χ3v) is 5.68. The van der Waals surface area contributed by atoms with Crippen molar-refractivity contribution in [3.8, 4) is 0 Å². The topological polar surface area (TPSA) is 54.0 Å². The molecule has 1 fully saturated rings. The summed E-state index contributed by atoms with van der Waals surface area (Å²) in [4.78, 5) is 18.1. The second-order valence-electron chi connectivity index (χ2n) is 6.40. The zero-order chi connectivity index (χ0) is 17.1. The number of thiazole rings is 1. The zero-order valence-corrected chi connectivity index (χ0v) is 15.5. The normalized spacial score (nSPS) is 20.8. The summed E-state index contributed by atoms with van der Waals surface area (Å²) in [5.41, 5.74) is 2.12.